The lowest BCUT2D eigenvalue weighted by atomic mass is 10.1. The van der Waals surface area contributed by atoms with Gasteiger partial charge < -0.3 is 14.8 Å². The Kier molecular flexibility index (Phi) is 3.83. The fourth-order valence-corrected chi connectivity index (χ4v) is 1.69. The largest absolute Gasteiger partial charge is 0.494 e. The number of aliphatic hydroxyl groups excluding tert-OH is 1. The van der Waals surface area contributed by atoms with E-state index in [0.717, 1.165) is 23.4 Å². The van der Waals surface area contributed by atoms with Gasteiger partial charge >= 0.3 is 0 Å². The molecule has 0 fully saturated rings. The summed E-state index contributed by atoms with van der Waals surface area (Å²) in [6, 6.07) is 11.3. The van der Waals surface area contributed by atoms with Crippen molar-refractivity contribution in [2.75, 3.05) is 6.61 Å². The molecule has 2 N–H and O–H groups in total. The first-order valence-electron chi connectivity index (χ1n) is 5.85. The van der Waals surface area contributed by atoms with Crippen molar-refractivity contribution in [3.8, 4) is 5.75 Å². The first-order chi connectivity index (χ1) is 8.31. The molecule has 1 aromatic heterocycles. The third kappa shape index (κ3) is 2.88. The molecule has 2 rings (SSSR count). The van der Waals surface area contributed by atoms with Gasteiger partial charge in [0.2, 0.25) is 0 Å². The van der Waals surface area contributed by atoms with Crippen LogP contribution in [0.3, 0.4) is 0 Å². The second kappa shape index (κ2) is 5.55. The molecule has 0 saturated carbocycles. The van der Waals surface area contributed by atoms with Crippen molar-refractivity contribution in [2.45, 2.75) is 19.4 Å². The maximum atomic E-state index is 10.1. The highest BCUT2D eigenvalue weighted by Gasteiger charge is 2.11. The van der Waals surface area contributed by atoms with Crippen LogP contribution in [0.15, 0.2) is 42.6 Å². The summed E-state index contributed by atoms with van der Waals surface area (Å²) in [7, 11) is 0. The molecule has 2 aromatic rings. The van der Waals surface area contributed by atoms with Crippen LogP contribution in [0.2, 0.25) is 0 Å². The number of aliphatic hydroxyl groups is 1. The van der Waals surface area contributed by atoms with E-state index in [1.807, 2.05) is 36.4 Å². The Morgan fingerprint density at radius 3 is 2.88 bits per heavy atom. The Bertz CT molecular complexity index is 451. The average molecular weight is 231 g/mol. The number of aromatic amines is 1. The summed E-state index contributed by atoms with van der Waals surface area (Å²) in [6.07, 6.45) is 2.15. The van der Waals surface area contributed by atoms with Crippen molar-refractivity contribution in [3.05, 3.63) is 53.9 Å². The summed E-state index contributed by atoms with van der Waals surface area (Å²) in [5.74, 6) is 0.801. The molecule has 3 nitrogen and oxygen atoms in total. The van der Waals surface area contributed by atoms with Gasteiger partial charge in [0.15, 0.2) is 0 Å². The van der Waals surface area contributed by atoms with Crippen LogP contribution in [-0.4, -0.2) is 16.7 Å². The predicted molar refractivity (Wildman–Crippen MR) is 67.1 cm³/mol. The lowest BCUT2D eigenvalue weighted by Gasteiger charge is -2.11. The number of nitrogens with one attached hydrogen (secondary N) is 1. The van der Waals surface area contributed by atoms with Gasteiger partial charge in [0, 0.05) is 11.9 Å². The van der Waals surface area contributed by atoms with Crippen LogP contribution in [0.25, 0.3) is 0 Å². The van der Waals surface area contributed by atoms with E-state index >= 15 is 0 Å². The van der Waals surface area contributed by atoms with Gasteiger partial charge in [0.05, 0.1) is 6.61 Å². The van der Waals surface area contributed by atoms with Crippen molar-refractivity contribution >= 4 is 0 Å². The molecule has 0 aliphatic heterocycles. The Morgan fingerprint density at radius 1 is 1.29 bits per heavy atom. The molecule has 3 heteroatoms. The van der Waals surface area contributed by atoms with Gasteiger partial charge in [-0.2, -0.15) is 0 Å². The lowest BCUT2D eigenvalue weighted by molar-refractivity contribution is 0.215. The maximum absolute atomic E-state index is 10.1. The molecule has 0 aliphatic rings. The maximum Gasteiger partial charge on any atom is 0.119 e. The summed E-state index contributed by atoms with van der Waals surface area (Å²) in [5, 5.41) is 10.1. The SMILES string of the molecule is CCCOc1cccc(C(O)c2ccc[nH]2)c1. The highest BCUT2D eigenvalue weighted by Crippen LogP contribution is 2.23. The molecule has 0 saturated heterocycles. The molecule has 1 unspecified atom stereocenters. The van der Waals surface area contributed by atoms with E-state index in [9.17, 15) is 5.11 Å². The lowest BCUT2D eigenvalue weighted by Crippen LogP contribution is -2.01. The summed E-state index contributed by atoms with van der Waals surface area (Å²) in [4.78, 5) is 3.01. The fourth-order valence-electron chi connectivity index (χ4n) is 1.69. The van der Waals surface area contributed by atoms with Gasteiger partial charge in [0.1, 0.15) is 11.9 Å². The van der Waals surface area contributed by atoms with Crippen molar-refractivity contribution in [1.29, 1.82) is 0 Å². The van der Waals surface area contributed by atoms with Crippen LogP contribution in [-0.2, 0) is 0 Å². The van der Waals surface area contributed by atoms with Gasteiger partial charge in [-0.1, -0.05) is 19.1 Å². The van der Waals surface area contributed by atoms with Gasteiger partial charge in [0.25, 0.3) is 0 Å². The molecule has 0 amide bonds. The first-order valence-corrected chi connectivity index (χ1v) is 5.85. The molecule has 0 bridgehead atoms. The third-order valence-electron chi connectivity index (χ3n) is 2.56. The van der Waals surface area contributed by atoms with Crippen LogP contribution in [0.5, 0.6) is 5.75 Å². The van der Waals surface area contributed by atoms with Crippen molar-refractivity contribution < 1.29 is 9.84 Å². The summed E-state index contributed by atoms with van der Waals surface area (Å²) in [5.41, 5.74) is 1.62. The number of hydrogen-bond donors (Lipinski definition) is 2. The molecule has 90 valence electrons. The molecule has 0 aliphatic carbocycles. The molecule has 1 aromatic carbocycles. The summed E-state index contributed by atoms with van der Waals surface area (Å²) >= 11 is 0. The molecule has 1 heterocycles. The van der Waals surface area contributed by atoms with E-state index < -0.39 is 6.10 Å². The number of aromatic nitrogens is 1. The zero-order valence-corrected chi connectivity index (χ0v) is 9.89. The van der Waals surface area contributed by atoms with Crippen LogP contribution < -0.4 is 4.74 Å². The van der Waals surface area contributed by atoms with Crippen LogP contribution in [0.1, 0.15) is 30.7 Å². The quantitative estimate of drug-likeness (QED) is 0.831. The Morgan fingerprint density at radius 2 is 2.18 bits per heavy atom. The minimum atomic E-state index is -0.629. The Hall–Kier alpha value is -1.74. The van der Waals surface area contributed by atoms with Crippen molar-refractivity contribution in [2.24, 2.45) is 0 Å². The van der Waals surface area contributed by atoms with E-state index in [-0.39, 0.29) is 0 Å². The molecule has 0 radical (unpaired) electrons. The molecular formula is C14H17NO2. The summed E-state index contributed by atoms with van der Waals surface area (Å²) < 4.78 is 5.54. The van der Waals surface area contributed by atoms with E-state index in [0.29, 0.717) is 6.61 Å². The highest BCUT2D eigenvalue weighted by molar-refractivity contribution is 5.33. The molecule has 1 atom stereocenters. The summed E-state index contributed by atoms with van der Waals surface area (Å²) in [6.45, 7) is 2.76. The smallest absolute Gasteiger partial charge is 0.119 e. The monoisotopic (exact) mass is 231 g/mol. The second-order valence-corrected chi connectivity index (χ2v) is 3.95. The zero-order valence-electron chi connectivity index (χ0n) is 9.89. The van der Waals surface area contributed by atoms with Gasteiger partial charge in [-0.05, 0) is 36.2 Å². The number of rotatable bonds is 5. The Labute approximate surface area is 101 Å². The number of hydrogen-bond acceptors (Lipinski definition) is 2. The van der Waals surface area contributed by atoms with Crippen molar-refractivity contribution in [1.82, 2.24) is 4.98 Å². The van der Waals surface area contributed by atoms with Crippen LogP contribution >= 0.6 is 0 Å². The number of H-pyrrole nitrogens is 1. The van der Waals surface area contributed by atoms with Gasteiger partial charge in [-0.15, -0.1) is 0 Å². The van der Waals surface area contributed by atoms with E-state index in [4.69, 9.17) is 4.74 Å². The normalized spacial score (nSPS) is 12.4. The fraction of sp³-hybridized carbons (Fsp3) is 0.286. The second-order valence-electron chi connectivity index (χ2n) is 3.95. The Balaban J connectivity index is 2.15. The third-order valence-corrected chi connectivity index (χ3v) is 2.56. The van der Waals surface area contributed by atoms with Gasteiger partial charge in [-0.25, -0.2) is 0 Å². The molecular weight excluding hydrogens is 214 g/mol. The predicted octanol–water partition coefficient (Wildman–Crippen LogP) is 2.89. The number of benzene rings is 1. The van der Waals surface area contributed by atoms with Gasteiger partial charge in [-0.3, -0.25) is 0 Å². The molecule has 0 spiro atoms. The minimum Gasteiger partial charge on any atom is -0.494 e. The number of ether oxygens (including phenoxy) is 1. The average Bonchev–Trinajstić information content (AvgIpc) is 2.89. The highest BCUT2D eigenvalue weighted by atomic mass is 16.5. The first kappa shape index (κ1) is 11.7. The zero-order chi connectivity index (χ0) is 12.1. The standard InChI is InChI=1S/C14H17NO2/c1-2-9-17-12-6-3-5-11(10-12)14(16)13-7-4-8-15-13/h3-8,10,14-16H,2,9H2,1H3. The van der Waals surface area contributed by atoms with E-state index in [2.05, 4.69) is 11.9 Å². The van der Waals surface area contributed by atoms with Crippen molar-refractivity contribution in [3.63, 3.8) is 0 Å². The van der Waals surface area contributed by atoms with E-state index in [1.165, 1.54) is 0 Å². The topological polar surface area (TPSA) is 45.2 Å². The minimum absolute atomic E-state index is 0.629. The molecule has 17 heavy (non-hydrogen) atoms. The van der Waals surface area contributed by atoms with Crippen LogP contribution in [0.4, 0.5) is 0 Å². The van der Waals surface area contributed by atoms with E-state index in [1.54, 1.807) is 6.20 Å². The van der Waals surface area contributed by atoms with Crippen LogP contribution in [0, 0.1) is 0 Å².